The number of rotatable bonds is 0. The average molecular weight is 163 g/mol. The normalized spacial score (nSPS) is 18.8. The van der Waals surface area contributed by atoms with Crippen LogP contribution in [-0.4, -0.2) is 12.2 Å². The van der Waals surface area contributed by atoms with Crippen LogP contribution in [-0.2, 0) is 0 Å². The number of para-hydroxylation sites is 2. The van der Waals surface area contributed by atoms with E-state index in [1.807, 2.05) is 31.2 Å². The van der Waals surface area contributed by atoms with Gasteiger partial charge in [-0.25, -0.2) is 0 Å². The molecule has 0 aliphatic carbocycles. The van der Waals surface area contributed by atoms with Gasteiger partial charge in [0.05, 0.1) is 0 Å². The lowest BCUT2D eigenvalue weighted by atomic mass is 10.1. The molecule has 0 amide bonds. The summed E-state index contributed by atoms with van der Waals surface area (Å²) in [7, 11) is 0. The Kier molecular flexibility index (Phi) is 1.50. The van der Waals surface area contributed by atoms with Crippen LogP contribution < -0.4 is 9.47 Å². The van der Waals surface area contributed by atoms with E-state index in [-0.39, 0.29) is 0 Å². The van der Waals surface area contributed by atoms with Crippen molar-refractivity contribution in [2.45, 2.75) is 12.5 Å². The van der Waals surface area contributed by atoms with Crippen LogP contribution in [0.25, 0.3) is 0 Å². The second kappa shape index (κ2) is 2.41. The van der Waals surface area contributed by atoms with Gasteiger partial charge in [-0.2, -0.15) is 0 Å². The standard InChI is InChI=1S/C10H11O2/c1-10(2)7-11-8-5-3-4-6-9(8)12-10/h3-6H,1,7H2,2H3. The first kappa shape index (κ1) is 7.47. The summed E-state index contributed by atoms with van der Waals surface area (Å²) in [6.07, 6.45) is 0. The van der Waals surface area contributed by atoms with E-state index >= 15 is 0 Å². The van der Waals surface area contributed by atoms with E-state index in [2.05, 4.69) is 6.92 Å². The van der Waals surface area contributed by atoms with Gasteiger partial charge in [0.2, 0.25) is 0 Å². The first-order valence-electron chi connectivity index (χ1n) is 3.94. The predicted octanol–water partition coefficient (Wildman–Crippen LogP) is 2.05. The highest BCUT2D eigenvalue weighted by Gasteiger charge is 2.27. The van der Waals surface area contributed by atoms with E-state index in [0.29, 0.717) is 6.61 Å². The molecule has 0 N–H and O–H groups in total. The molecule has 0 saturated heterocycles. The van der Waals surface area contributed by atoms with Gasteiger partial charge in [-0.15, -0.1) is 0 Å². The molecule has 0 bridgehead atoms. The van der Waals surface area contributed by atoms with Crippen LogP contribution in [0.4, 0.5) is 0 Å². The quantitative estimate of drug-likeness (QED) is 0.582. The molecule has 1 heterocycles. The third kappa shape index (κ3) is 1.24. The summed E-state index contributed by atoms with van der Waals surface area (Å²) >= 11 is 0. The van der Waals surface area contributed by atoms with Crippen LogP contribution in [0.5, 0.6) is 11.5 Å². The molecule has 0 aromatic heterocycles. The molecule has 1 radical (unpaired) electrons. The van der Waals surface area contributed by atoms with Crippen molar-refractivity contribution in [2.24, 2.45) is 0 Å². The van der Waals surface area contributed by atoms with Gasteiger partial charge in [0.25, 0.3) is 0 Å². The number of hydrogen-bond donors (Lipinski definition) is 0. The van der Waals surface area contributed by atoms with E-state index in [1.165, 1.54) is 0 Å². The van der Waals surface area contributed by atoms with Gasteiger partial charge >= 0.3 is 0 Å². The lowest BCUT2D eigenvalue weighted by Gasteiger charge is -2.32. The third-order valence-electron chi connectivity index (χ3n) is 1.74. The van der Waals surface area contributed by atoms with E-state index in [4.69, 9.17) is 9.47 Å². The second-order valence-electron chi connectivity index (χ2n) is 3.29. The van der Waals surface area contributed by atoms with Crippen LogP contribution in [0.15, 0.2) is 24.3 Å². The molecule has 0 spiro atoms. The highest BCUT2D eigenvalue weighted by molar-refractivity contribution is 5.41. The Morgan fingerprint density at radius 1 is 1.33 bits per heavy atom. The SMILES string of the molecule is [CH2]C1(C)COc2ccccc2O1. The van der Waals surface area contributed by atoms with Gasteiger partial charge < -0.3 is 9.47 Å². The van der Waals surface area contributed by atoms with Crippen LogP contribution in [0.2, 0.25) is 0 Å². The highest BCUT2D eigenvalue weighted by atomic mass is 16.6. The Morgan fingerprint density at radius 3 is 2.75 bits per heavy atom. The zero-order valence-electron chi connectivity index (χ0n) is 7.04. The van der Waals surface area contributed by atoms with E-state index in [1.54, 1.807) is 0 Å². The van der Waals surface area contributed by atoms with Gasteiger partial charge in [-0.05, 0) is 26.0 Å². The molecule has 1 aliphatic heterocycles. The molecule has 1 atom stereocenters. The minimum absolute atomic E-state index is 0.450. The summed E-state index contributed by atoms with van der Waals surface area (Å²) in [5.41, 5.74) is -0.450. The van der Waals surface area contributed by atoms with Gasteiger partial charge in [-0.3, -0.25) is 0 Å². The molecule has 1 aromatic carbocycles. The number of fused-ring (bicyclic) bond motifs is 1. The molecular formula is C10H11O2. The predicted molar refractivity (Wildman–Crippen MR) is 46.3 cm³/mol. The molecule has 63 valence electrons. The maximum Gasteiger partial charge on any atom is 0.162 e. The Morgan fingerprint density at radius 2 is 2.00 bits per heavy atom. The zero-order valence-corrected chi connectivity index (χ0v) is 7.04. The highest BCUT2D eigenvalue weighted by Crippen LogP contribution is 2.33. The van der Waals surface area contributed by atoms with Crippen LogP contribution >= 0.6 is 0 Å². The van der Waals surface area contributed by atoms with Crippen LogP contribution in [0.1, 0.15) is 6.92 Å². The first-order chi connectivity index (χ1) is 5.67. The fourth-order valence-corrected chi connectivity index (χ4v) is 1.18. The average Bonchev–Trinajstić information content (AvgIpc) is 2.02. The molecule has 2 heteroatoms. The lowest BCUT2D eigenvalue weighted by Crippen LogP contribution is -2.38. The summed E-state index contributed by atoms with van der Waals surface area (Å²) < 4.78 is 11.0. The van der Waals surface area contributed by atoms with Gasteiger partial charge in [-0.1, -0.05) is 12.1 Å². The summed E-state index contributed by atoms with van der Waals surface area (Å²) in [4.78, 5) is 0. The monoisotopic (exact) mass is 163 g/mol. The minimum atomic E-state index is -0.450. The minimum Gasteiger partial charge on any atom is -0.486 e. The molecule has 12 heavy (non-hydrogen) atoms. The van der Waals surface area contributed by atoms with Crippen molar-refractivity contribution in [1.29, 1.82) is 0 Å². The first-order valence-corrected chi connectivity index (χ1v) is 3.94. The van der Waals surface area contributed by atoms with Crippen molar-refractivity contribution in [3.63, 3.8) is 0 Å². The molecule has 1 aromatic rings. The van der Waals surface area contributed by atoms with Gasteiger partial charge in [0, 0.05) is 0 Å². The molecule has 1 unspecified atom stereocenters. The van der Waals surface area contributed by atoms with E-state index < -0.39 is 5.60 Å². The largest absolute Gasteiger partial charge is 0.486 e. The van der Waals surface area contributed by atoms with E-state index in [9.17, 15) is 0 Å². The zero-order chi connectivity index (χ0) is 8.60. The van der Waals surface area contributed by atoms with Crippen molar-refractivity contribution in [1.82, 2.24) is 0 Å². The lowest BCUT2D eigenvalue weighted by molar-refractivity contribution is 0.0421. The molecule has 0 saturated carbocycles. The van der Waals surface area contributed by atoms with E-state index in [0.717, 1.165) is 11.5 Å². The smallest absolute Gasteiger partial charge is 0.162 e. The maximum absolute atomic E-state index is 5.58. The van der Waals surface area contributed by atoms with Crippen LogP contribution in [0, 0.1) is 6.92 Å². The fourth-order valence-electron chi connectivity index (χ4n) is 1.18. The van der Waals surface area contributed by atoms with Crippen molar-refractivity contribution in [3.05, 3.63) is 31.2 Å². The Balaban J connectivity index is 2.35. The number of benzene rings is 1. The van der Waals surface area contributed by atoms with Crippen molar-refractivity contribution in [3.8, 4) is 11.5 Å². The maximum atomic E-state index is 5.58. The fraction of sp³-hybridized carbons (Fsp3) is 0.300. The second-order valence-corrected chi connectivity index (χ2v) is 3.29. The summed E-state index contributed by atoms with van der Waals surface area (Å²) in [5.74, 6) is 1.58. The van der Waals surface area contributed by atoms with Gasteiger partial charge in [0.1, 0.15) is 12.2 Å². The summed E-state index contributed by atoms with van der Waals surface area (Å²) in [6, 6.07) is 7.63. The Hall–Kier alpha value is -1.18. The molecule has 0 fully saturated rings. The molecular weight excluding hydrogens is 152 g/mol. The summed E-state index contributed by atoms with van der Waals surface area (Å²) in [5, 5.41) is 0. The van der Waals surface area contributed by atoms with Crippen LogP contribution in [0.3, 0.4) is 0 Å². The number of hydrogen-bond acceptors (Lipinski definition) is 2. The van der Waals surface area contributed by atoms with Crippen molar-refractivity contribution in [2.75, 3.05) is 6.61 Å². The van der Waals surface area contributed by atoms with Crippen molar-refractivity contribution < 1.29 is 9.47 Å². The van der Waals surface area contributed by atoms with Crippen molar-refractivity contribution >= 4 is 0 Å². The Labute approximate surface area is 72.1 Å². The molecule has 2 rings (SSSR count). The molecule has 1 aliphatic rings. The number of ether oxygens (including phenoxy) is 2. The molecule has 2 nitrogen and oxygen atoms in total. The Bertz CT molecular complexity index is 292. The summed E-state index contributed by atoms with van der Waals surface area (Å²) in [6.45, 7) is 6.29. The van der Waals surface area contributed by atoms with Gasteiger partial charge in [0.15, 0.2) is 11.5 Å². The third-order valence-corrected chi connectivity index (χ3v) is 1.74. The topological polar surface area (TPSA) is 18.5 Å².